The van der Waals surface area contributed by atoms with Crippen LogP contribution in [0.15, 0.2) is 30.3 Å². The molecule has 0 saturated carbocycles. The van der Waals surface area contributed by atoms with E-state index in [-0.39, 0.29) is 11.4 Å². The van der Waals surface area contributed by atoms with Gasteiger partial charge in [-0.05, 0) is 33.3 Å². The summed E-state index contributed by atoms with van der Waals surface area (Å²) in [6, 6.07) is 9.92. The molecule has 0 heterocycles. The summed E-state index contributed by atoms with van der Waals surface area (Å²) in [5.41, 5.74) is 6.07. The molecule has 0 spiro atoms. The van der Waals surface area contributed by atoms with Gasteiger partial charge in [0.1, 0.15) is 0 Å². The van der Waals surface area contributed by atoms with Gasteiger partial charge in [-0.1, -0.05) is 30.3 Å². The molecule has 0 aliphatic heterocycles. The molecule has 3 nitrogen and oxygen atoms in total. The van der Waals surface area contributed by atoms with Crippen molar-refractivity contribution >= 4 is 5.91 Å². The molecule has 1 rings (SSSR count). The van der Waals surface area contributed by atoms with Crippen LogP contribution >= 0.6 is 0 Å². The molecule has 0 bridgehead atoms. The van der Waals surface area contributed by atoms with Gasteiger partial charge < -0.3 is 11.1 Å². The normalized spacial score (nSPS) is 12.3. The summed E-state index contributed by atoms with van der Waals surface area (Å²) >= 11 is 0. The number of hydrogen-bond donors (Lipinski definition) is 2. The largest absolute Gasteiger partial charge is 0.347 e. The molecule has 0 saturated heterocycles. The highest BCUT2D eigenvalue weighted by Gasteiger charge is 2.25. The third-order valence-corrected chi connectivity index (χ3v) is 2.56. The van der Waals surface area contributed by atoms with Crippen LogP contribution in [0.1, 0.15) is 39.7 Å². The highest BCUT2D eigenvalue weighted by atomic mass is 16.1. The van der Waals surface area contributed by atoms with E-state index in [1.165, 1.54) is 0 Å². The quantitative estimate of drug-likeness (QED) is 0.839. The number of nitrogens with one attached hydrogen (secondary N) is 1. The van der Waals surface area contributed by atoms with Crippen molar-refractivity contribution in [2.24, 2.45) is 5.73 Å². The van der Waals surface area contributed by atoms with Crippen LogP contribution in [0.2, 0.25) is 0 Å². The van der Waals surface area contributed by atoms with E-state index in [2.05, 4.69) is 5.32 Å². The number of carbonyl (C=O) groups excluding carboxylic acids is 1. The Labute approximate surface area is 103 Å². The fourth-order valence-electron chi connectivity index (χ4n) is 1.73. The van der Waals surface area contributed by atoms with Crippen molar-refractivity contribution in [3.63, 3.8) is 0 Å². The number of amides is 1. The first-order valence-electron chi connectivity index (χ1n) is 5.86. The lowest BCUT2D eigenvalue weighted by molar-refractivity contribution is -0.123. The molecular weight excluding hydrogens is 212 g/mol. The van der Waals surface area contributed by atoms with Crippen LogP contribution in [-0.2, 0) is 10.3 Å². The molecule has 1 amide bonds. The molecule has 0 radical (unpaired) electrons. The van der Waals surface area contributed by atoms with E-state index < -0.39 is 5.54 Å². The maximum atomic E-state index is 11.9. The molecule has 0 atom stereocenters. The number of benzene rings is 1. The van der Waals surface area contributed by atoms with Gasteiger partial charge in [0, 0.05) is 12.0 Å². The van der Waals surface area contributed by atoms with Gasteiger partial charge in [0.25, 0.3) is 0 Å². The average Bonchev–Trinajstić information content (AvgIpc) is 2.15. The topological polar surface area (TPSA) is 55.1 Å². The lowest BCUT2D eigenvalue weighted by atomic mass is 9.93. The Balaban J connectivity index is 2.71. The highest BCUT2D eigenvalue weighted by molar-refractivity contribution is 5.78. The van der Waals surface area contributed by atoms with Gasteiger partial charge in [-0.25, -0.2) is 0 Å². The third kappa shape index (κ3) is 4.57. The monoisotopic (exact) mass is 234 g/mol. The minimum Gasteiger partial charge on any atom is -0.347 e. The third-order valence-electron chi connectivity index (χ3n) is 2.56. The van der Waals surface area contributed by atoms with Crippen molar-refractivity contribution in [1.29, 1.82) is 0 Å². The van der Waals surface area contributed by atoms with Crippen molar-refractivity contribution in [3.8, 4) is 0 Å². The van der Waals surface area contributed by atoms with Crippen molar-refractivity contribution in [2.45, 2.75) is 45.2 Å². The lowest BCUT2D eigenvalue weighted by Crippen LogP contribution is -2.45. The summed E-state index contributed by atoms with van der Waals surface area (Å²) < 4.78 is 0. The maximum Gasteiger partial charge on any atom is 0.222 e. The molecule has 3 N–H and O–H groups in total. The van der Waals surface area contributed by atoms with Gasteiger partial charge in [-0.2, -0.15) is 0 Å². The second-order valence-corrected chi connectivity index (χ2v) is 5.70. The molecular formula is C14H22N2O. The Morgan fingerprint density at radius 3 is 2.18 bits per heavy atom. The summed E-state index contributed by atoms with van der Waals surface area (Å²) in [5, 5.41) is 3.01. The van der Waals surface area contributed by atoms with Crippen LogP contribution < -0.4 is 11.1 Å². The van der Waals surface area contributed by atoms with Gasteiger partial charge in [0.15, 0.2) is 0 Å². The Morgan fingerprint density at radius 2 is 1.71 bits per heavy atom. The van der Waals surface area contributed by atoms with E-state index in [4.69, 9.17) is 5.73 Å². The van der Waals surface area contributed by atoms with Crippen molar-refractivity contribution < 1.29 is 4.79 Å². The number of nitrogens with two attached hydrogens (primary N) is 1. The van der Waals surface area contributed by atoms with E-state index >= 15 is 0 Å². The molecule has 1 aromatic rings. The predicted octanol–water partition coefficient (Wildman–Crippen LogP) is 2.17. The van der Waals surface area contributed by atoms with Crippen LogP contribution in [0, 0.1) is 0 Å². The summed E-state index contributed by atoms with van der Waals surface area (Å²) in [7, 11) is 0. The zero-order chi connectivity index (χ0) is 13.1. The zero-order valence-corrected chi connectivity index (χ0v) is 11.1. The molecule has 0 fully saturated rings. The Morgan fingerprint density at radius 1 is 1.18 bits per heavy atom. The minimum absolute atomic E-state index is 0.0219. The van der Waals surface area contributed by atoms with E-state index in [0.29, 0.717) is 6.42 Å². The first kappa shape index (κ1) is 13.7. The van der Waals surface area contributed by atoms with Gasteiger partial charge in [0.05, 0.1) is 5.54 Å². The maximum absolute atomic E-state index is 11.9. The molecule has 1 aromatic carbocycles. The SMILES string of the molecule is CC(C)(N)CC(=O)NC(C)(C)c1ccccc1. The first-order valence-corrected chi connectivity index (χ1v) is 5.86. The summed E-state index contributed by atoms with van der Waals surface area (Å²) in [5.74, 6) is -0.0219. The molecule has 0 unspecified atom stereocenters. The van der Waals surface area contributed by atoms with Crippen molar-refractivity contribution in [2.75, 3.05) is 0 Å². The van der Waals surface area contributed by atoms with Gasteiger partial charge >= 0.3 is 0 Å². The fourth-order valence-corrected chi connectivity index (χ4v) is 1.73. The van der Waals surface area contributed by atoms with E-state index in [1.54, 1.807) is 0 Å². The van der Waals surface area contributed by atoms with Crippen LogP contribution in [-0.4, -0.2) is 11.4 Å². The summed E-state index contributed by atoms with van der Waals surface area (Å²) in [6.45, 7) is 7.68. The van der Waals surface area contributed by atoms with Gasteiger partial charge in [0.2, 0.25) is 5.91 Å². The van der Waals surface area contributed by atoms with Crippen molar-refractivity contribution in [3.05, 3.63) is 35.9 Å². The Hall–Kier alpha value is -1.35. The van der Waals surface area contributed by atoms with Crippen molar-refractivity contribution in [1.82, 2.24) is 5.32 Å². The molecule has 17 heavy (non-hydrogen) atoms. The van der Waals surface area contributed by atoms with Gasteiger partial charge in [-0.3, -0.25) is 4.79 Å². The smallest absolute Gasteiger partial charge is 0.222 e. The lowest BCUT2D eigenvalue weighted by Gasteiger charge is -2.28. The summed E-state index contributed by atoms with van der Waals surface area (Å²) in [4.78, 5) is 11.9. The molecule has 0 aliphatic rings. The van der Waals surface area contributed by atoms with E-state index in [1.807, 2.05) is 58.0 Å². The Bertz CT molecular complexity index is 377. The van der Waals surface area contributed by atoms with Crippen LogP contribution in [0.3, 0.4) is 0 Å². The predicted molar refractivity (Wildman–Crippen MR) is 70.5 cm³/mol. The van der Waals surface area contributed by atoms with Crippen LogP contribution in [0.25, 0.3) is 0 Å². The second-order valence-electron chi connectivity index (χ2n) is 5.70. The minimum atomic E-state index is -0.475. The molecule has 3 heteroatoms. The fraction of sp³-hybridized carbons (Fsp3) is 0.500. The van der Waals surface area contributed by atoms with Crippen LogP contribution in [0.5, 0.6) is 0 Å². The molecule has 0 aromatic heterocycles. The standard InChI is InChI=1S/C14H22N2O/c1-13(2,15)10-12(17)16-14(3,4)11-8-6-5-7-9-11/h5-9H,10,15H2,1-4H3,(H,16,17). The molecule has 94 valence electrons. The van der Waals surface area contributed by atoms with E-state index in [9.17, 15) is 4.79 Å². The zero-order valence-electron chi connectivity index (χ0n) is 11.1. The average molecular weight is 234 g/mol. The number of hydrogen-bond acceptors (Lipinski definition) is 2. The second kappa shape index (κ2) is 4.88. The summed E-state index contributed by atoms with van der Waals surface area (Å²) in [6.07, 6.45) is 0.323. The number of carbonyl (C=O) groups is 1. The van der Waals surface area contributed by atoms with E-state index in [0.717, 1.165) is 5.56 Å². The first-order chi connectivity index (χ1) is 7.71. The number of rotatable bonds is 4. The highest BCUT2D eigenvalue weighted by Crippen LogP contribution is 2.20. The molecule has 0 aliphatic carbocycles. The Kier molecular flexibility index (Phi) is 3.94. The van der Waals surface area contributed by atoms with Crippen LogP contribution in [0.4, 0.5) is 0 Å². The van der Waals surface area contributed by atoms with Gasteiger partial charge in [-0.15, -0.1) is 0 Å².